The number of aromatic carboxylic acids is 1. The molecule has 1 aromatic rings. The fourth-order valence-electron chi connectivity index (χ4n) is 2.36. The van der Waals surface area contributed by atoms with Crippen molar-refractivity contribution in [1.29, 1.82) is 0 Å². The molecule has 1 fully saturated rings. The summed E-state index contributed by atoms with van der Waals surface area (Å²) < 4.78 is 0. The Labute approximate surface area is 145 Å². The van der Waals surface area contributed by atoms with Gasteiger partial charge in [-0.3, -0.25) is 9.59 Å². The summed E-state index contributed by atoms with van der Waals surface area (Å²) >= 11 is 1.57. The number of thioether (sulfide) groups is 1. The van der Waals surface area contributed by atoms with Crippen LogP contribution in [0.25, 0.3) is 0 Å². The highest BCUT2D eigenvalue weighted by Crippen LogP contribution is 2.27. The van der Waals surface area contributed by atoms with Crippen LogP contribution in [0.4, 0.5) is 0 Å². The first-order chi connectivity index (χ1) is 11.2. The first-order valence-corrected chi connectivity index (χ1v) is 8.84. The van der Waals surface area contributed by atoms with Crippen molar-refractivity contribution in [2.75, 3.05) is 11.6 Å². The zero-order chi connectivity index (χ0) is 17.9. The highest BCUT2D eigenvalue weighted by Gasteiger charge is 2.38. The van der Waals surface area contributed by atoms with Crippen molar-refractivity contribution < 1.29 is 19.5 Å². The zero-order valence-electron chi connectivity index (χ0n) is 14.0. The summed E-state index contributed by atoms with van der Waals surface area (Å²) in [5.41, 5.74) is 0.503. The van der Waals surface area contributed by atoms with Crippen molar-refractivity contribution in [2.24, 2.45) is 5.41 Å². The number of carboxylic acids is 1. The van der Waals surface area contributed by atoms with E-state index in [-0.39, 0.29) is 17.4 Å². The van der Waals surface area contributed by atoms with Crippen LogP contribution in [-0.4, -0.2) is 45.5 Å². The number of amides is 2. The number of nitrogens with zero attached hydrogens (tertiary/aromatic N) is 1. The molecule has 2 rings (SSSR count). The van der Waals surface area contributed by atoms with Crippen LogP contribution < -0.4 is 5.32 Å². The summed E-state index contributed by atoms with van der Waals surface area (Å²) in [5, 5.41) is 11.7. The topological polar surface area (TPSA) is 86.7 Å². The van der Waals surface area contributed by atoms with Crippen LogP contribution in [-0.2, 0) is 16.1 Å². The lowest BCUT2D eigenvalue weighted by molar-refractivity contribution is -0.144. The molecule has 6 nitrogen and oxygen atoms in total. The normalized spacial score (nSPS) is 17.6. The lowest BCUT2D eigenvalue weighted by Crippen LogP contribution is -2.50. The highest BCUT2D eigenvalue weighted by molar-refractivity contribution is 7.99. The molecule has 0 aliphatic carbocycles. The highest BCUT2D eigenvalue weighted by atomic mass is 32.2. The molecule has 0 spiro atoms. The van der Waals surface area contributed by atoms with Gasteiger partial charge in [0.05, 0.1) is 11.4 Å². The molecule has 7 heteroatoms. The summed E-state index contributed by atoms with van der Waals surface area (Å²) in [6.07, 6.45) is 0. The maximum Gasteiger partial charge on any atom is 0.335 e. The third-order valence-electron chi connectivity index (χ3n) is 3.76. The molecule has 1 saturated heterocycles. The second-order valence-electron chi connectivity index (χ2n) is 6.76. The predicted molar refractivity (Wildman–Crippen MR) is 92.7 cm³/mol. The van der Waals surface area contributed by atoms with E-state index in [4.69, 9.17) is 5.11 Å². The Balaban J connectivity index is 1.96. The average Bonchev–Trinajstić information content (AvgIpc) is 3.00. The molecular formula is C17H22N2O4S. The Morgan fingerprint density at radius 1 is 1.25 bits per heavy atom. The van der Waals surface area contributed by atoms with Gasteiger partial charge in [0, 0.05) is 17.7 Å². The van der Waals surface area contributed by atoms with Crippen LogP contribution in [0.5, 0.6) is 0 Å². The minimum absolute atomic E-state index is 0.0292. The molecule has 24 heavy (non-hydrogen) atoms. The summed E-state index contributed by atoms with van der Waals surface area (Å²) in [7, 11) is 0. The van der Waals surface area contributed by atoms with Gasteiger partial charge in [-0.2, -0.15) is 0 Å². The van der Waals surface area contributed by atoms with Gasteiger partial charge in [0.1, 0.15) is 6.04 Å². The number of hydrogen-bond donors (Lipinski definition) is 2. The number of benzene rings is 1. The van der Waals surface area contributed by atoms with E-state index in [0.717, 1.165) is 5.56 Å². The summed E-state index contributed by atoms with van der Waals surface area (Å²) in [6, 6.07) is 5.89. The monoisotopic (exact) mass is 350 g/mol. The van der Waals surface area contributed by atoms with Crippen LogP contribution in [0, 0.1) is 5.41 Å². The molecule has 0 saturated carbocycles. The fraction of sp³-hybridized carbons (Fsp3) is 0.471. The second-order valence-corrected chi connectivity index (χ2v) is 7.76. The first kappa shape index (κ1) is 18.3. The molecule has 0 bridgehead atoms. The van der Waals surface area contributed by atoms with Gasteiger partial charge in [-0.25, -0.2) is 4.79 Å². The summed E-state index contributed by atoms with van der Waals surface area (Å²) in [5.74, 6) is -0.0733. The molecule has 2 N–H and O–H groups in total. The molecule has 1 aromatic carbocycles. The van der Waals surface area contributed by atoms with Gasteiger partial charge in [0.2, 0.25) is 11.8 Å². The largest absolute Gasteiger partial charge is 0.478 e. The number of nitrogens with one attached hydrogen (secondary N) is 1. The minimum Gasteiger partial charge on any atom is -0.478 e. The van der Waals surface area contributed by atoms with E-state index in [1.807, 2.05) is 20.8 Å². The summed E-state index contributed by atoms with van der Waals surface area (Å²) in [6.45, 7) is 5.84. The van der Waals surface area contributed by atoms with Crippen molar-refractivity contribution in [3.05, 3.63) is 35.4 Å². The van der Waals surface area contributed by atoms with E-state index in [2.05, 4.69) is 5.32 Å². The van der Waals surface area contributed by atoms with Gasteiger partial charge >= 0.3 is 5.97 Å². The Morgan fingerprint density at radius 3 is 2.42 bits per heavy atom. The maximum atomic E-state index is 12.4. The number of carboxylic acid groups (broad SMARTS) is 1. The SMILES string of the molecule is CC(C)(C)C(=O)N1CSCC1C(=O)NCc1ccc(C(=O)O)cc1. The van der Waals surface area contributed by atoms with Gasteiger partial charge in [0.15, 0.2) is 0 Å². The van der Waals surface area contributed by atoms with Gasteiger partial charge in [-0.1, -0.05) is 32.9 Å². The molecule has 0 aromatic heterocycles. The molecule has 1 unspecified atom stereocenters. The average molecular weight is 350 g/mol. The molecular weight excluding hydrogens is 328 g/mol. The van der Waals surface area contributed by atoms with Gasteiger partial charge < -0.3 is 15.3 Å². The van der Waals surface area contributed by atoms with E-state index in [0.29, 0.717) is 18.2 Å². The zero-order valence-corrected chi connectivity index (χ0v) is 14.9. The van der Waals surface area contributed by atoms with Crippen molar-refractivity contribution in [3.8, 4) is 0 Å². The molecule has 0 radical (unpaired) electrons. The van der Waals surface area contributed by atoms with Crippen molar-refractivity contribution >= 4 is 29.5 Å². The number of rotatable bonds is 4. The predicted octanol–water partition coefficient (Wildman–Crippen LogP) is 1.95. The van der Waals surface area contributed by atoms with Crippen LogP contribution >= 0.6 is 11.8 Å². The van der Waals surface area contributed by atoms with Crippen molar-refractivity contribution in [1.82, 2.24) is 10.2 Å². The van der Waals surface area contributed by atoms with Crippen LogP contribution in [0.2, 0.25) is 0 Å². The first-order valence-electron chi connectivity index (χ1n) is 7.69. The number of carbonyl (C=O) groups excluding carboxylic acids is 2. The van der Waals surface area contributed by atoms with Crippen molar-refractivity contribution in [2.45, 2.75) is 33.4 Å². The van der Waals surface area contributed by atoms with Crippen LogP contribution in [0.3, 0.4) is 0 Å². The van der Waals surface area contributed by atoms with Gasteiger partial charge in [-0.05, 0) is 17.7 Å². The Kier molecular flexibility index (Phi) is 5.54. The second kappa shape index (κ2) is 7.25. The molecule has 1 aliphatic heterocycles. The third-order valence-corrected chi connectivity index (χ3v) is 4.77. The molecule has 2 amide bonds. The lowest BCUT2D eigenvalue weighted by atomic mass is 9.94. The van der Waals surface area contributed by atoms with E-state index >= 15 is 0 Å². The van der Waals surface area contributed by atoms with E-state index in [1.165, 1.54) is 12.1 Å². The Hall–Kier alpha value is -2.02. The van der Waals surface area contributed by atoms with E-state index in [1.54, 1.807) is 28.8 Å². The molecule has 1 heterocycles. The molecule has 130 valence electrons. The quantitative estimate of drug-likeness (QED) is 0.867. The number of hydrogen-bond acceptors (Lipinski definition) is 4. The maximum absolute atomic E-state index is 12.4. The van der Waals surface area contributed by atoms with E-state index in [9.17, 15) is 14.4 Å². The smallest absolute Gasteiger partial charge is 0.335 e. The minimum atomic E-state index is -0.982. The molecule has 1 atom stereocenters. The Bertz CT molecular complexity index is 637. The van der Waals surface area contributed by atoms with Gasteiger partial charge in [-0.15, -0.1) is 11.8 Å². The van der Waals surface area contributed by atoms with Crippen LogP contribution in [0.15, 0.2) is 24.3 Å². The fourth-order valence-corrected chi connectivity index (χ4v) is 3.52. The molecule has 1 aliphatic rings. The van der Waals surface area contributed by atoms with Crippen molar-refractivity contribution in [3.63, 3.8) is 0 Å². The summed E-state index contributed by atoms with van der Waals surface area (Å²) in [4.78, 5) is 37.3. The third kappa shape index (κ3) is 4.29. The standard InChI is InChI=1S/C17H22N2O4S/c1-17(2,3)16(23)19-10-24-9-13(19)14(20)18-8-11-4-6-12(7-5-11)15(21)22/h4-7,13H,8-10H2,1-3H3,(H,18,20)(H,21,22). The van der Waals surface area contributed by atoms with Gasteiger partial charge in [0.25, 0.3) is 0 Å². The van der Waals surface area contributed by atoms with Crippen LogP contribution in [0.1, 0.15) is 36.7 Å². The Morgan fingerprint density at radius 2 is 1.88 bits per heavy atom. The lowest BCUT2D eigenvalue weighted by Gasteiger charge is -2.29. The number of carbonyl (C=O) groups is 3. The van der Waals surface area contributed by atoms with E-state index < -0.39 is 17.4 Å².